The van der Waals surface area contributed by atoms with Gasteiger partial charge in [0.25, 0.3) is 0 Å². The number of furan rings is 1. The highest BCUT2D eigenvalue weighted by Crippen LogP contribution is 2.11. The minimum Gasteiger partial charge on any atom is -0.470 e. The lowest BCUT2D eigenvalue weighted by atomic mass is 10.3. The Morgan fingerprint density at radius 3 is 2.67 bits per heavy atom. The van der Waals surface area contributed by atoms with E-state index in [1.54, 1.807) is 12.5 Å². The standard InChI is InChI=1S/C8H7NO.C2H6/c1-6-2-3-7-4-10-5-8(7)9-6;1-2/h2-5H,1H3;1-2H3. The minimum atomic E-state index is 0.931. The predicted molar refractivity (Wildman–Crippen MR) is 50.1 cm³/mol. The lowest BCUT2D eigenvalue weighted by molar-refractivity contribution is 0.571. The number of hydrogen-bond donors (Lipinski definition) is 0. The average molecular weight is 163 g/mol. The molecule has 0 amide bonds. The van der Waals surface area contributed by atoms with Crippen LogP contribution in [0.15, 0.2) is 29.1 Å². The van der Waals surface area contributed by atoms with Gasteiger partial charge in [-0.1, -0.05) is 13.8 Å². The summed E-state index contributed by atoms with van der Waals surface area (Å²) in [6.45, 7) is 5.96. The molecule has 0 unspecified atom stereocenters. The number of pyridine rings is 1. The second-order valence-electron chi connectivity index (χ2n) is 2.30. The zero-order chi connectivity index (χ0) is 8.97. The van der Waals surface area contributed by atoms with Gasteiger partial charge in [-0.3, -0.25) is 0 Å². The van der Waals surface area contributed by atoms with Gasteiger partial charge in [0.1, 0.15) is 11.8 Å². The van der Waals surface area contributed by atoms with Crippen molar-refractivity contribution in [3.05, 3.63) is 30.4 Å². The van der Waals surface area contributed by atoms with Gasteiger partial charge in [-0.2, -0.15) is 0 Å². The van der Waals surface area contributed by atoms with Gasteiger partial charge in [0, 0.05) is 11.1 Å². The Hall–Kier alpha value is -1.31. The Bertz CT molecular complexity index is 351. The summed E-state index contributed by atoms with van der Waals surface area (Å²) in [7, 11) is 0. The zero-order valence-corrected chi connectivity index (χ0v) is 7.66. The van der Waals surface area contributed by atoms with Gasteiger partial charge < -0.3 is 4.42 Å². The monoisotopic (exact) mass is 163 g/mol. The lowest BCUT2D eigenvalue weighted by Crippen LogP contribution is -1.76. The molecule has 0 radical (unpaired) electrons. The van der Waals surface area contributed by atoms with Crippen LogP contribution in [-0.4, -0.2) is 4.98 Å². The van der Waals surface area contributed by atoms with E-state index < -0.39 is 0 Å². The normalized spacial score (nSPS) is 9.25. The zero-order valence-electron chi connectivity index (χ0n) is 7.66. The number of nitrogens with zero attached hydrogens (tertiary/aromatic N) is 1. The molecule has 0 bridgehead atoms. The number of aryl methyl sites for hydroxylation is 1. The van der Waals surface area contributed by atoms with Crippen LogP contribution in [0.25, 0.3) is 10.9 Å². The molecule has 0 aromatic carbocycles. The lowest BCUT2D eigenvalue weighted by Gasteiger charge is -1.88. The first kappa shape index (κ1) is 8.78. The summed E-state index contributed by atoms with van der Waals surface area (Å²) < 4.78 is 4.96. The van der Waals surface area contributed by atoms with E-state index in [1.165, 1.54) is 0 Å². The van der Waals surface area contributed by atoms with Crippen LogP contribution in [0.4, 0.5) is 0 Å². The van der Waals surface area contributed by atoms with Crippen molar-refractivity contribution >= 4 is 10.9 Å². The molecule has 0 atom stereocenters. The van der Waals surface area contributed by atoms with Gasteiger partial charge in [-0.15, -0.1) is 0 Å². The first-order valence-corrected chi connectivity index (χ1v) is 4.16. The van der Waals surface area contributed by atoms with E-state index in [9.17, 15) is 0 Å². The van der Waals surface area contributed by atoms with Crippen LogP contribution >= 0.6 is 0 Å². The first-order valence-electron chi connectivity index (χ1n) is 4.16. The third-order valence-corrected chi connectivity index (χ3v) is 1.47. The third kappa shape index (κ3) is 1.64. The van der Waals surface area contributed by atoms with Crippen LogP contribution in [0.1, 0.15) is 19.5 Å². The Morgan fingerprint density at radius 2 is 1.92 bits per heavy atom. The summed E-state index contributed by atoms with van der Waals surface area (Å²) in [5.74, 6) is 0. The minimum absolute atomic E-state index is 0.931. The van der Waals surface area contributed by atoms with Crippen LogP contribution in [0.3, 0.4) is 0 Å². The number of fused-ring (bicyclic) bond motifs is 1. The quantitative estimate of drug-likeness (QED) is 0.596. The fourth-order valence-corrected chi connectivity index (χ4v) is 0.953. The number of hydrogen-bond acceptors (Lipinski definition) is 2. The molecule has 2 heterocycles. The molecule has 2 heteroatoms. The van der Waals surface area contributed by atoms with E-state index in [0.717, 1.165) is 16.6 Å². The fraction of sp³-hybridized carbons (Fsp3) is 0.300. The second kappa shape index (κ2) is 3.90. The van der Waals surface area contributed by atoms with Gasteiger partial charge in [0.2, 0.25) is 0 Å². The largest absolute Gasteiger partial charge is 0.470 e. The van der Waals surface area contributed by atoms with Crippen molar-refractivity contribution in [2.75, 3.05) is 0 Å². The van der Waals surface area contributed by atoms with E-state index in [0.29, 0.717) is 0 Å². The fourth-order valence-electron chi connectivity index (χ4n) is 0.953. The Morgan fingerprint density at radius 1 is 1.17 bits per heavy atom. The van der Waals surface area contributed by atoms with Crippen molar-refractivity contribution in [3.63, 3.8) is 0 Å². The van der Waals surface area contributed by atoms with Crippen molar-refractivity contribution in [1.82, 2.24) is 4.98 Å². The molecule has 0 aliphatic rings. The van der Waals surface area contributed by atoms with E-state index in [2.05, 4.69) is 4.98 Å². The van der Waals surface area contributed by atoms with Crippen molar-refractivity contribution in [2.45, 2.75) is 20.8 Å². The summed E-state index contributed by atoms with van der Waals surface area (Å²) in [6.07, 6.45) is 3.35. The molecule has 2 rings (SSSR count). The molecule has 64 valence electrons. The number of rotatable bonds is 0. The van der Waals surface area contributed by atoms with Crippen molar-refractivity contribution in [2.24, 2.45) is 0 Å². The van der Waals surface area contributed by atoms with E-state index in [4.69, 9.17) is 4.42 Å². The van der Waals surface area contributed by atoms with E-state index >= 15 is 0 Å². The third-order valence-electron chi connectivity index (χ3n) is 1.47. The highest BCUT2D eigenvalue weighted by atomic mass is 16.3. The average Bonchev–Trinajstić information content (AvgIpc) is 2.54. The molecule has 0 N–H and O–H groups in total. The van der Waals surface area contributed by atoms with Crippen molar-refractivity contribution < 1.29 is 4.42 Å². The molecule has 0 spiro atoms. The second-order valence-corrected chi connectivity index (χ2v) is 2.30. The summed E-state index contributed by atoms with van der Waals surface area (Å²) in [4.78, 5) is 4.24. The van der Waals surface area contributed by atoms with Gasteiger partial charge in [0.05, 0.1) is 6.26 Å². The van der Waals surface area contributed by atoms with Gasteiger partial charge >= 0.3 is 0 Å². The first-order chi connectivity index (χ1) is 5.86. The molecule has 0 saturated carbocycles. The van der Waals surface area contributed by atoms with Crippen LogP contribution in [0.2, 0.25) is 0 Å². The molecule has 2 aromatic rings. The Kier molecular flexibility index (Phi) is 2.86. The van der Waals surface area contributed by atoms with E-state index in [1.807, 2.05) is 32.9 Å². The highest BCUT2D eigenvalue weighted by Gasteiger charge is 1.94. The van der Waals surface area contributed by atoms with Crippen molar-refractivity contribution in [3.8, 4) is 0 Å². The molecule has 0 saturated heterocycles. The topological polar surface area (TPSA) is 26.0 Å². The maximum absolute atomic E-state index is 4.96. The molecule has 2 nitrogen and oxygen atoms in total. The van der Waals surface area contributed by atoms with Crippen LogP contribution in [0, 0.1) is 6.92 Å². The van der Waals surface area contributed by atoms with E-state index in [-0.39, 0.29) is 0 Å². The molecule has 12 heavy (non-hydrogen) atoms. The van der Waals surface area contributed by atoms with Gasteiger partial charge in [0.15, 0.2) is 0 Å². The predicted octanol–water partition coefficient (Wildman–Crippen LogP) is 3.16. The highest BCUT2D eigenvalue weighted by molar-refractivity contribution is 5.76. The van der Waals surface area contributed by atoms with Gasteiger partial charge in [-0.05, 0) is 19.1 Å². The van der Waals surface area contributed by atoms with Crippen LogP contribution in [0.5, 0.6) is 0 Å². The summed E-state index contributed by atoms with van der Waals surface area (Å²) >= 11 is 0. The summed E-state index contributed by atoms with van der Waals surface area (Å²) in [6, 6.07) is 3.97. The summed E-state index contributed by atoms with van der Waals surface area (Å²) in [5.41, 5.74) is 1.95. The molecular formula is C10H13NO. The molecular weight excluding hydrogens is 150 g/mol. The maximum atomic E-state index is 4.96. The molecule has 2 aromatic heterocycles. The van der Waals surface area contributed by atoms with Crippen LogP contribution in [-0.2, 0) is 0 Å². The molecule has 0 aliphatic carbocycles. The Balaban J connectivity index is 0.000000336. The molecule has 0 aliphatic heterocycles. The smallest absolute Gasteiger partial charge is 0.117 e. The van der Waals surface area contributed by atoms with Gasteiger partial charge in [-0.25, -0.2) is 4.98 Å². The van der Waals surface area contributed by atoms with Crippen LogP contribution < -0.4 is 0 Å². The Labute approximate surface area is 72.2 Å². The van der Waals surface area contributed by atoms with Crippen molar-refractivity contribution in [1.29, 1.82) is 0 Å². The number of aromatic nitrogens is 1. The SMILES string of the molecule is CC.Cc1ccc2cocc2n1. The summed E-state index contributed by atoms with van der Waals surface area (Å²) in [5, 5.41) is 1.06. The molecule has 0 fully saturated rings. The maximum Gasteiger partial charge on any atom is 0.117 e.